The molecule has 98 valence electrons. The van der Waals surface area contributed by atoms with Gasteiger partial charge in [0.15, 0.2) is 0 Å². The van der Waals surface area contributed by atoms with Crippen molar-refractivity contribution < 1.29 is 5.11 Å². The average Bonchev–Trinajstić information content (AvgIpc) is 2.63. The lowest BCUT2D eigenvalue weighted by Crippen LogP contribution is -2.15. The highest BCUT2D eigenvalue weighted by molar-refractivity contribution is 6.31. The van der Waals surface area contributed by atoms with Crippen LogP contribution in [0, 0.1) is 0 Å². The number of benzene rings is 1. The molecule has 0 fully saturated rings. The lowest BCUT2D eigenvalue weighted by Gasteiger charge is -2.10. The molecule has 0 aliphatic rings. The molecule has 1 heterocycles. The van der Waals surface area contributed by atoms with Gasteiger partial charge >= 0.3 is 0 Å². The highest BCUT2D eigenvalue weighted by Crippen LogP contribution is 2.21. The van der Waals surface area contributed by atoms with Crippen LogP contribution < -0.4 is 5.73 Å². The fraction of sp³-hybridized carbons (Fsp3) is 0.462. The second-order valence-corrected chi connectivity index (χ2v) is 4.95. The molecule has 5 heteroatoms. The number of aromatic nitrogens is 2. The van der Waals surface area contributed by atoms with Gasteiger partial charge in [0.25, 0.3) is 0 Å². The normalized spacial score (nSPS) is 13.1. The number of aryl methyl sites for hydroxylation is 1. The zero-order valence-corrected chi connectivity index (χ0v) is 11.2. The maximum atomic E-state index is 9.59. The number of nitrogens with two attached hydrogens (primary N) is 1. The summed E-state index contributed by atoms with van der Waals surface area (Å²) in [5, 5.41) is 10.3. The second kappa shape index (κ2) is 5.69. The Morgan fingerprint density at radius 3 is 2.94 bits per heavy atom. The van der Waals surface area contributed by atoms with Crippen molar-refractivity contribution in [2.24, 2.45) is 5.73 Å². The molecule has 4 nitrogen and oxygen atoms in total. The number of imidazole rings is 1. The monoisotopic (exact) mass is 267 g/mol. The summed E-state index contributed by atoms with van der Waals surface area (Å²) in [5.74, 6) is 0.957. The highest BCUT2D eigenvalue weighted by atomic mass is 35.5. The van der Waals surface area contributed by atoms with Crippen LogP contribution >= 0.6 is 11.6 Å². The smallest absolute Gasteiger partial charge is 0.109 e. The lowest BCUT2D eigenvalue weighted by atomic mass is 10.3. The first kappa shape index (κ1) is 13.3. The lowest BCUT2D eigenvalue weighted by molar-refractivity contribution is 0.173. The van der Waals surface area contributed by atoms with Crippen LogP contribution in [0.4, 0.5) is 0 Å². The van der Waals surface area contributed by atoms with Crippen molar-refractivity contribution in [1.82, 2.24) is 9.55 Å². The van der Waals surface area contributed by atoms with Gasteiger partial charge in [-0.3, -0.25) is 0 Å². The van der Waals surface area contributed by atoms with E-state index in [4.69, 9.17) is 17.3 Å². The molecule has 1 unspecified atom stereocenters. The summed E-state index contributed by atoms with van der Waals surface area (Å²) in [6.45, 7) is 2.95. The molecule has 0 amide bonds. The van der Waals surface area contributed by atoms with Crippen molar-refractivity contribution >= 4 is 22.6 Å². The number of fused-ring (bicyclic) bond motifs is 1. The Balaban J connectivity index is 2.45. The molecule has 0 saturated heterocycles. The zero-order valence-electron chi connectivity index (χ0n) is 10.4. The van der Waals surface area contributed by atoms with Crippen LogP contribution in [-0.4, -0.2) is 27.3 Å². The van der Waals surface area contributed by atoms with Gasteiger partial charge in [-0.2, -0.15) is 0 Å². The quantitative estimate of drug-likeness (QED) is 0.870. The molecular weight excluding hydrogens is 250 g/mol. The van der Waals surface area contributed by atoms with E-state index in [-0.39, 0.29) is 0 Å². The highest BCUT2D eigenvalue weighted by Gasteiger charge is 2.12. The van der Waals surface area contributed by atoms with Crippen LogP contribution in [0.5, 0.6) is 0 Å². The van der Waals surface area contributed by atoms with Crippen LogP contribution in [0.3, 0.4) is 0 Å². The number of halogens is 1. The van der Waals surface area contributed by atoms with E-state index in [2.05, 4.69) is 4.98 Å². The van der Waals surface area contributed by atoms with Gasteiger partial charge in [0.05, 0.1) is 23.7 Å². The van der Waals surface area contributed by atoms with E-state index < -0.39 is 6.10 Å². The van der Waals surface area contributed by atoms with Gasteiger partial charge in [0.2, 0.25) is 0 Å². The first-order valence-corrected chi connectivity index (χ1v) is 6.52. The van der Waals surface area contributed by atoms with E-state index in [0.717, 1.165) is 29.7 Å². The Kier molecular flexibility index (Phi) is 4.22. The van der Waals surface area contributed by atoms with Gasteiger partial charge in [0.1, 0.15) is 5.82 Å². The maximum Gasteiger partial charge on any atom is 0.109 e. The van der Waals surface area contributed by atoms with Crippen molar-refractivity contribution in [1.29, 1.82) is 0 Å². The van der Waals surface area contributed by atoms with E-state index >= 15 is 0 Å². The number of hydrogen-bond donors (Lipinski definition) is 2. The van der Waals surface area contributed by atoms with E-state index in [1.54, 1.807) is 6.92 Å². The van der Waals surface area contributed by atoms with Crippen molar-refractivity contribution in [3.05, 3.63) is 29.0 Å². The minimum absolute atomic E-state index is 0.408. The number of nitrogens with zero attached hydrogens (tertiary/aromatic N) is 2. The van der Waals surface area contributed by atoms with Crippen molar-refractivity contribution in [2.45, 2.75) is 32.4 Å². The van der Waals surface area contributed by atoms with Crippen molar-refractivity contribution in [3.8, 4) is 0 Å². The summed E-state index contributed by atoms with van der Waals surface area (Å²) >= 11 is 5.97. The standard InChI is InChI=1S/C13H18ClN3O/c1-9(18)8-17-12-5-4-10(14)7-11(12)16-13(17)3-2-6-15/h4-5,7,9,18H,2-3,6,8,15H2,1H3. The predicted molar refractivity (Wildman–Crippen MR) is 73.8 cm³/mol. The van der Waals surface area contributed by atoms with Gasteiger partial charge in [-0.1, -0.05) is 11.6 Å². The fourth-order valence-electron chi connectivity index (χ4n) is 2.07. The van der Waals surface area contributed by atoms with E-state index in [0.29, 0.717) is 18.1 Å². The minimum atomic E-state index is -0.408. The summed E-state index contributed by atoms with van der Waals surface area (Å²) in [4.78, 5) is 4.58. The SMILES string of the molecule is CC(O)Cn1c(CCCN)nc2cc(Cl)ccc21. The third-order valence-corrected chi connectivity index (χ3v) is 3.08. The molecule has 3 N–H and O–H groups in total. The van der Waals surface area contributed by atoms with Crippen LogP contribution in [0.2, 0.25) is 5.02 Å². The Bertz CT molecular complexity index is 536. The molecule has 0 aliphatic carbocycles. The summed E-state index contributed by atoms with van der Waals surface area (Å²) in [6, 6.07) is 5.64. The van der Waals surface area contributed by atoms with Gasteiger partial charge in [0, 0.05) is 11.4 Å². The third kappa shape index (κ3) is 2.83. The van der Waals surface area contributed by atoms with E-state index in [1.165, 1.54) is 0 Å². The Labute approximate surface area is 111 Å². The largest absolute Gasteiger partial charge is 0.392 e. The zero-order chi connectivity index (χ0) is 13.1. The molecule has 1 aromatic heterocycles. The third-order valence-electron chi connectivity index (χ3n) is 2.84. The molecule has 2 aromatic rings. The number of rotatable bonds is 5. The number of aliphatic hydroxyl groups is 1. The predicted octanol–water partition coefficient (Wildman–Crippen LogP) is 1.96. The molecule has 2 rings (SSSR count). The van der Waals surface area contributed by atoms with E-state index in [1.807, 2.05) is 22.8 Å². The summed E-state index contributed by atoms with van der Waals surface area (Å²) in [5.41, 5.74) is 7.42. The van der Waals surface area contributed by atoms with Crippen LogP contribution in [0.1, 0.15) is 19.2 Å². The van der Waals surface area contributed by atoms with Crippen LogP contribution in [-0.2, 0) is 13.0 Å². The molecule has 0 saturated carbocycles. The summed E-state index contributed by atoms with van der Waals surface area (Å²) in [7, 11) is 0. The second-order valence-electron chi connectivity index (χ2n) is 4.51. The molecule has 0 bridgehead atoms. The molecular formula is C13H18ClN3O. The van der Waals surface area contributed by atoms with Gasteiger partial charge in [-0.15, -0.1) is 0 Å². The molecule has 18 heavy (non-hydrogen) atoms. The topological polar surface area (TPSA) is 64.1 Å². The molecule has 0 aliphatic heterocycles. The summed E-state index contributed by atoms with van der Waals surface area (Å²) in [6.07, 6.45) is 1.29. The minimum Gasteiger partial charge on any atom is -0.392 e. The first-order chi connectivity index (χ1) is 8.61. The maximum absolute atomic E-state index is 9.59. The Hall–Kier alpha value is -1.10. The number of hydrogen-bond acceptors (Lipinski definition) is 3. The van der Waals surface area contributed by atoms with Gasteiger partial charge in [-0.05, 0) is 38.1 Å². The molecule has 1 atom stereocenters. The van der Waals surface area contributed by atoms with E-state index in [9.17, 15) is 5.11 Å². The fourth-order valence-corrected chi connectivity index (χ4v) is 2.24. The van der Waals surface area contributed by atoms with Crippen LogP contribution in [0.15, 0.2) is 18.2 Å². The molecule has 1 aromatic carbocycles. The summed E-state index contributed by atoms with van der Waals surface area (Å²) < 4.78 is 2.05. The Morgan fingerprint density at radius 1 is 1.50 bits per heavy atom. The number of aliphatic hydroxyl groups excluding tert-OH is 1. The van der Waals surface area contributed by atoms with Crippen molar-refractivity contribution in [2.75, 3.05) is 6.54 Å². The first-order valence-electron chi connectivity index (χ1n) is 6.14. The average molecular weight is 268 g/mol. The Morgan fingerprint density at radius 2 is 2.28 bits per heavy atom. The van der Waals surface area contributed by atoms with Crippen molar-refractivity contribution in [3.63, 3.8) is 0 Å². The molecule has 0 spiro atoms. The van der Waals surface area contributed by atoms with Gasteiger partial charge in [-0.25, -0.2) is 4.98 Å². The molecule has 0 radical (unpaired) electrons. The van der Waals surface area contributed by atoms with Gasteiger partial charge < -0.3 is 15.4 Å². The van der Waals surface area contributed by atoms with Crippen LogP contribution in [0.25, 0.3) is 11.0 Å².